The molecule has 2 atom stereocenters. The van der Waals surface area contributed by atoms with Crippen molar-refractivity contribution in [3.63, 3.8) is 0 Å². The molecule has 2 rings (SSSR count). The van der Waals surface area contributed by atoms with Crippen molar-refractivity contribution in [3.05, 3.63) is 38.9 Å². The van der Waals surface area contributed by atoms with Crippen LogP contribution in [0.1, 0.15) is 43.0 Å². The number of hydrogen-bond donors (Lipinski definition) is 1. The van der Waals surface area contributed by atoms with E-state index in [-0.39, 0.29) is 28.2 Å². The standard InChI is InChI=1S/C16H19ClN2O5/c1-10-4-2-3-5-13(10)18-15(20)9-24-16(21)11-6-7-12(17)14(8-11)19(22)23/h6-8,10,13H,2-5,9H2,1H3,(H,18,20)/t10-,13-/m1/s1. The molecule has 1 saturated carbocycles. The summed E-state index contributed by atoms with van der Waals surface area (Å²) in [7, 11) is 0. The van der Waals surface area contributed by atoms with Gasteiger partial charge in [-0.25, -0.2) is 4.79 Å². The summed E-state index contributed by atoms with van der Waals surface area (Å²) >= 11 is 5.69. The number of nitrogens with zero attached hydrogens (tertiary/aromatic N) is 1. The molecule has 130 valence electrons. The Morgan fingerprint density at radius 3 is 2.75 bits per heavy atom. The van der Waals surface area contributed by atoms with Crippen LogP contribution in [-0.2, 0) is 9.53 Å². The van der Waals surface area contributed by atoms with E-state index in [2.05, 4.69) is 12.2 Å². The van der Waals surface area contributed by atoms with Crippen molar-refractivity contribution in [2.24, 2.45) is 5.92 Å². The molecule has 0 saturated heterocycles. The second-order valence-electron chi connectivity index (χ2n) is 5.94. The van der Waals surface area contributed by atoms with Gasteiger partial charge in [0.25, 0.3) is 11.6 Å². The van der Waals surface area contributed by atoms with Crippen LogP contribution in [0, 0.1) is 16.0 Å². The van der Waals surface area contributed by atoms with Gasteiger partial charge in [0, 0.05) is 12.1 Å². The Morgan fingerprint density at radius 2 is 2.08 bits per heavy atom. The van der Waals surface area contributed by atoms with Crippen molar-refractivity contribution in [1.82, 2.24) is 5.32 Å². The molecule has 0 spiro atoms. The van der Waals surface area contributed by atoms with Gasteiger partial charge in [-0.3, -0.25) is 14.9 Å². The SMILES string of the molecule is C[C@@H]1CCCC[C@H]1NC(=O)COC(=O)c1ccc(Cl)c([N+](=O)[O-])c1. The molecule has 1 N–H and O–H groups in total. The van der Waals surface area contributed by atoms with Gasteiger partial charge in [-0.05, 0) is 30.9 Å². The third kappa shape index (κ3) is 4.67. The minimum Gasteiger partial charge on any atom is -0.452 e. The monoisotopic (exact) mass is 354 g/mol. The smallest absolute Gasteiger partial charge is 0.338 e. The Hall–Kier alpha value is -2.15. The molecular weight excluding hydrogens is 336 g/mol. The largest absolute Gasteiger partial charge is 0.452 e. The second kappa shape index (κ2) is 8.10. The van der Waals surface area contributed by atoms with Crippen molar-refractivity contribution in [3.8, 4) is 0 Å². The third-order valence-electron chi connectivity index (χ3n) is 4.17. The molecule has 1 fully saturated rings. The van der Waals surface area contributed by atoms with Gasteiger partial charge in [-0.15, -0.1) is 0 Å². The summed E-state index contributed by atoms with van der Waals surface area (Å²) in [5.74, 6) is -0.774. The van der Waals surface area contributed by atoms with E-state index in [1.807, 2.05) is 0 Å². The minimum absolute atomic E-state index is 0.0232. The van der Waals surface area contributed by atoms with Crippen molar-refractivity contribution < 1.29 is 19.2 Å². The summed E-state index contributed by atoms with van der Waals surface area (Å²) < 4.78 is 4.92. The normalized spacial score (nSPS) is 20.2. The Labute approximate surface area is 144 Å². The van der Waals surface area contributed by atoms with Gasteiger partial charge in [-0.1, -0.05) is 31.4 Å². The lowest BCUT2D eigenvalue weighted by atomic mass is 9.86. The molecule has 24 heavy (non-hydrogen) atoms. The fraction of sp³-hybridized carbons (Fsp3) is 0.500. The maximum absolute atomic E-state index is 11.9. The van der Waals surface area contributed by atoms with Crippen molar-refractivity contribution in [2.75, 3.05) is 6.61 Å². The first-order valence-corrected chi connectivity index (χ1v) is 8.16. The van der Waals surface area contributed by atoms with Crippen LogP contribution in [0.15, 0.2) is 18.2 Å². The van der Waals surface area contributed by atoms with Gasteiger partial charge < -0.3 is 10.1 Å². The predicted octanol–water partition coefficient (Wildman–Crippen LogP) is 3.10. The summed E-state index contributed by atoms with van der Waals surface area (Å²) in [5.41, 5.74) is -0.406. The number of carbonyl (C=O) groups is 2. The number of ether oxygens (including phenoxy) is 1. The van der Waals surface area contributed by atoms with Crippen LogP contribution < -0.4 is 5.32 Å². The van der Waals surface area contributed by atoms with Crippen LogP contribution in [0.25, 0.3) is 0 Å². The van der Waals surface area contributed by atoms with Crippen LogP contribution >= 0.6 is 11.6 Å². The molecule has 1 amide bonds. The number of nitrogens with one attached hydrogen (secondary N) is 1. The summed E-state index contributed by atoms with van der Waals surface area (Å²) in [5, 5.41) is 13.6. The zero-order chi connectivity index (χ0) is 17.7. The van der Waals surface area contributed by atoms with E-state index in [0.717, 1.165) is 31.7 Å². The fourth-order valence-corrected chi connectivity index (χ4v) is 2.96. The van der Waals surface area contributed by atoms with Crippen molar-refractivity contribution in [2.45, 2.75) is 38.6 Å². The molecule has 0 bridgehead atoms. The van der Waals surface area contributed by atoms with Crippen molar-refractivity contribution >= 4 is 29.2 Å². The topological polar surface area (TPSA) is 98.5 Å². The first-order valence-electron chi connectivity index (χ1n) is 7.79. The van der Waals surface area contributed by atoms with E-state index < -0.39 is 17.5 Å². The average Bonchev–Trinajstić information content (AvgIpc) is 2.55. The summed E-state index contributed by atoms with van der Waals surface area (Å²) in [6.07, 6.45) is 4.23. The average molecular weight is 355 g/mol. The predicted molar refractivity (Wildman–Crippen MR) is 88.0 cm³/mol. The van der Waals surface area contributed by atoms with Crippen LogP contribution in [-0.4, -0.2) is 29.4 Å². The lowest BCUT2D eigenvalue weighted by molar-refractivity contribution is -0.384. The molecule has 1 aromatic carbocycles. The molecule has 1 aromatic rings. The highest BCUT2D eigenvalue weighted by Crippen LogP contribution is 2.25. The number of esters is 1. The van der Waals surface area contributed by atoms with Crippen molar-refractivity contribution in [1.29, 1.82) is 0 Å². The van der Waals surface area contributed by atoms with Gasteiger partial charge >= 0.3 is 5.97 Å². The quantitative estimate of drug-likeness (QED) is 0.497. The molecule has 0 aromatic heterocycles. The minimum atomic E-state index is -0.804. The Bertz CT molecular complexity index is 649. The van der Waals surface area contributed by atoms with Crippen LogP contribution in [0.3, 0.4) is 0 Å². The molecular formula is C16H19ClN2O5. The number of nitro benzene ring substituents is 1. The van der Waals surface area contributed by atoms with Gasteiger partial charge in [-0.2, -0.15) is 0 Å². The molecule has 8 heteroatoms. The summed E-state index contributed by atoms with van der Waals surface area (Å²) in [6.45, 7) is 1.67. The summed E-state index contributed by atoms with van der Waals surface area (Å²) in [4.78, 5) is 34.0. The zero-order valence-corrected chi connectivity index (χ0v) is 14.0. The maximum Gasteiger partial charge on any atom is 0.338 e. The van der Waals surface area contributed by atoms with Crippen LogP contribution in [0.2, 0.25) is 5.02 Å². The Morgan fingerprint density at radius 1 is 1.38 bits per heavy atom. The lowest BCUT2D eigenvalue weighted by Gasteiger charge is -2.29. The number of benzene rings is 1. The highest BCUT2D eigenvalue weighted by atomic mass is 35.5. The number of carbonyl (C=O) groups excluding carboxylic acids is 2. The number of rotatable bonds is 5. The van der Waals surface area contributed by atoms with Gasteiger partial charge in [0.2, 0.25) is 0 Å². The maximum atomic E-state index is 11.9. The third-order valence-corrected chi connectivity index (χ3v) is 4.49. The first-order chi connectivity index (χ1) is 11.4. The molecule has 0 radical (unpaired) electrons. The van der Waals surface area contributed by atoms with Crippen LogP contribution in [0.5, 0.6) is 0 Å². The zero-order valence-electron chi connectivity index (χ0n) is 13.3. The molecule has 1 aliphatic rings. The molecule has 7 nitrogen and oxygen atoms in total. The van der Waals surface area contributed by atoms with E-state index in [1.165, 1.54) is 12.1 Å². The second-order valence-corrected chi connectivity index (χ2v) is 6.34. The highest BCUT2D eigenvalue weighted by Gasteiger charge is 2.23. The number of halogens is 1. The van der Waals surface area contributed by atoms with E-state index in [4.69, 9.17) is 16.3 Å². The number of hydrogen-bond acceptors (Lipinski definition) is 5. The van der Waals surface area contributed by atoms with Crippen LogP contribution in [0.4, 0.5) is 5.69 Å². The van der Waals surface area contributed by atoms with E-state index >= 15 is 0 Å². The number of amides is 1. The Kier molecular flexibility index (Phi) is 6.14. The van der Waals surface area contributed by atoms with E-state index in [9.17, 15) is 19.7 Å². The molecule has 0 unspecified atom stereocenters. The fourth-order valence-electron chi connectivity index (χ4n) is 2.77. The highest BCUT2D eigenvalue weighted by molar-refractivity contribution is 6.32. The van der Waals surface area contributed by atoms with E-state index in [0.29, 0.717) is 5.92 Å². The van der Waals surface area contributed by atoms with Gasteiger partial charge in [0.1, 0.15) is 5.02 Å². The molecule has 0 aliphatic heterocycles. The van der Waals surface area contributed by atoms with Gasteiger partial charge in [0.15, 0.2) is 6.61 Å². The summed E-state index contributed by atoms with van der Waals surface area (Å²) in [6, 6.07) is 3.70. The first kappa shape index (κ1) is 18.2. The van der Waals surface area contributed by atoms with E-state index in [1.54, 1.807) is 0 Å². The molecule has 0 heterocycles. The molecule has 1 aliphatic carbocycles. The van der Waals surface area contributed by atoms with Gasteiger partial charge in [0.05, 0.1) is 10.5 Å². The lowest BCUT2D eigenvalue weighted by Crippen LogP contribution is -2.42. The number of nitro groups is 1. The Balaban J connectivity index is 1.89.